The lowest BCUT2D eigenvalue weighted by atomic mass is 10.2. The fraction of sp³-hybridized carbons (Fsp3) is 0.250. The van der Waals surface area contributed by atoms with Crippen molar-refractivity contribution in [2.45, 2.75) is 19.8 Å². The SMILES string of the molecule is COc1cccc(COP(=O)(OCc2cccc(OC)c2)OCc2cccc(OC)c2)c1. The number of hydrogen-bond donors (Lipinski definition) is 0. The zero-order valence-electron chi connectivity index (χ0n) is 18.4. The van der Waals surface area contributed by atoms with Gasteiger partial charge in [0.1, 0.15) is 17.2 Å². The molecule has 0 amide bonds. The lowest BCUT2D eigenvalue weighted by molar-refractivity contribution is 0.0977. The monoisotopic (exact) mass is 458 g/mol. The third kappa shape index (κ3) is 7.11. The quantitative estimate of drug-likeness (QED) is 0.319. The molecule has 7 nitrogen and oxygen atoms in total. The second-order valence-corrected chi connectivity index (χ2v) is 8.49. The van der Waals surface area contributed by atoms with Crippen molar-refractivity contribution in [3.63, 3.8) is 0 Å². The summed E-state index contributed by atoms with van der Waals surface area (Å²) >= 11 is 0. The smallest absolute Gasteiger partial charge is 0.475 e. The average Bonchev–Trinajstić information content (AvgIpc) is 2.85. The van der Waals surface area contributed by atoms with Gasteiger partial charge in [-0.15, -0.1) is 0 Å². The van der Waals surface area contributed by atoms with Gasteiger partial charge in [-0.05, 0) is 53.1 Å². The topological polar surface area (TPSA) is 72.5 Å². The third-order valence-electron chi connectivity index (χ3n) is 4.57. The molecule has 0 spiro atoms. The van der Waals surface area contributed by atoms with Gasteiger partial charge in [0.15, 0.2) is 0 Å². The van der Waals surface area contributed by atoms with Crippen molar-refractivity contribution in [3.05, 3.63) is 89.5 Å². The Bertz CT molecular complexity index is 922. The number of benzene rings is 3. The van der Waals surface area contributed by atoms with Gasteiger partial charge < -0.3 is 14.2 Å². The van der Waals surface area contributed by atoms with Gasteiger partial charge in [-0.2, -0.15) is 0 Å². The van der Waals surface area contributed by atoms with E-state index in [9.17, 15) is 4.57 Å². The van der Waals surface area contributed by atoms with Crippen LogP contribution < -0.4 is 14.2 Å². The van der Waals surface area contributed by atoms with E-state index in [-0.39, 0.29) is 19.8 Å². The molecule has 0 aromatic heterocycles. The number of phosphoric acid groups is 1. The van der Waals surface area contributed by atoms with E-state index in [1.807, 2.05) is 54.6 Å². The third-order valence-corrected chi connectivity index (χ3v) is 5.91. The van der Waals surface area contributed by atoms with E-state index in [4.69, 9.17) is 27.8 Å². The van der Waals surface area contributed by atoms with Crippen LogP contribution in [0.25, 0.3) is 0 Å². The summed E-state index contributed by atoms with van der Waals surface area (Å²) in [6.07, 6.45) is 0. The molecule has 170 valence electrons. The van der Waals surface area contributed by atoms with Crippen LogP contribution in [-0.2, 0) is 38.0 Å². The number of ether oxygens (including phenoxy) is 3. The molecule has 0 unspecified atom stereocenters. The molecule has 0 saturated carbocycles. The van der Waals surface area contributed by atoms with Crippen molar-refractivity contribution in [3.8, 4) is 17.2 Å². The summed E-state index contributed by atoms with van der Waals surface area (Å²) in [6, 6.07) is 21.9. The Morgan fingerprint density at radius 1 is 0.562 bits per heavy atom. The summed E-state index contributed by atoms with van der Waals surface area (Å²) < 4.78 is 46.1. The predicted octanol–water partition coefficient (Wildman–Crippen LogP) is 5.77. The molecule has 8 heteroatoms. The van der Waals surface area contributed by atoms with Crippen LogP contribution in [0.3, 0.4) is 0 Å². The highest BCUT2D eigenvalue weighted by molar-refractivity contribution is 7.48. The van der Waals surface area contributed by atoms with Crippen molar-refractivity contribution in [2.24, 2.45) is 0 Å². The van der Waals surface area contributed by atoms with E-state index in [2.05, 4.69) is 0 Å². The molecule has 0 atom stereocenters. The summed E-state index contributed by atoms with van der Waals surface area (Å²) in [5.41, 5.74) is 2.33. The Labute approximate surface area is 188 Å². The van der Waals surface area contributed by atoms with E-state index >= 15 is 0 Å². The maximum atomic E-state index is 13.4. The molecule has 3 aromatic rings. The average molecular weight is 458 g/mol. The summed E-state index contributed by atoms with van der Waals surface area (Å²) in [6.45, 7) is 0.0973. The van der Waals surface area contributed by atoms with Crippen LogP contribution in [0.15, 0.2) is 72.8 Å². The molecular weight excluding hydrogens is 431 g/mol. The second kappa shape index (κ2) is 11.7. The first-order valence-electron chi connectivity index (χ1n) is 9.96. The van der Waals surface area contributed by atoms with Gasteiger partial charge in [0, 0.05) is 0 Å². The molecule has 0 saturated heterocycles. The van der Waals surface area contributed by atoms with Gasteiger partial charge >= 0.3 is 7.82 Å². The maximum Gasteiger partial charge on any atom is 0.475 e. The lowest BCUT2D eigenvalue weighted by Crippen LogP contribution is -2.02. The minimum absolute atomic E-state index is 0.0324. The minimum Gasteiger partial charge on any atom is -0.497 e. The van der Waals surface area contributed by atoms with Gasteiger partial charge in [-0.25, -0.2) is 4.57 Å². The van der Waals surface area contributed by atoms with Crippen molar-refractivity contribution in [1.82, 2.24) is 0 Å². The highest BCUT2D eigenvalue weighted by atomic mass is 31.2. The van der Waals surface area contributed by atoms with Crippen LogP contribution in [0.1, 0.15) is 16.7 Å². The van der Waals surface area contributed by atoms with E-state index in [0.29, 0.717) is 17.2 Å². The zero-order chi connectivity index (χ0) is 22.8. The van der Waals surface area contributed by atoms with Crippen molar-refractivity contribution in [1.29, 1.82) is 0 Å². The fourth-order valence-electron chi connectivity index (χ4n) is 2.86. The Morgan fingerprint density at radius 3 is 1.16 bits per heavy atom. The van der Waals surface area contributed by atoms with Crippen LogP contribution in [0, 0.1) is 0 Å². The molecule has 3 rings (SSSR count). The molecule has 0 heterocycles. The first-order valence-corrected chi connectivity index (χ1v) is 11.4. The standard InChI is InChI=1S/C24H27O7P/c1-26-22-10-4-7-19(13-22)16-29-32(25,30-17-20-8-5-11-23(14-20)27-2)31-18-21-9-6-12-24(15-21)28-3/h4-15H,16-18H2,1-3H3. The molecule has 0 fully saturated rings. The molecule has 0 N–H and O–H groups in total. The molecule has 0 radical (unpaired) electrons. The van der Waals surface area contributed by atoms with Crippen LogP contribution in [0.5, 0.6) is 17.2 Å². The Hall–Kier alpha value is -2.83. The Morgan fingerprint density at radius 2 is 0.875 bits per heavy atom. The van der Waals surface area contributed by atoms with Gasteiger partial charge in [-0.3, -0.25) is 13.6 Å². The number of rotatable bonds is 12. The van der Waals surface area contributed by atoms with Crippen LogP contribution in [0.2, 0.25) is 0 Å². The highest BCUT2D eigenvalue weighted by Crippen LogP contribution is 2.51. The summed E-state index contributed by atoms with van der Waals surface area (Å²) in [5, 5.41) is 0. The first kappa shape index (κ1) is 23.8. The van der Waals surface area contributed by atoms with Crippen LogP contribution in [0.4, 0.5) is 0 Å². The van der Waals surface area contributed by atoms with Crippen LogP contribution >= 0.6 is 7.82 Å². The summed E-state index contributed by atoms with van der Waals surface area (Å²) in [5.74, 6) is 2.03. The summed E-state index contributed by atoms with van der Waals surface area (Å²) in [7, 11) is 0.839. The van der Waals surface area contributed by atoms with Crippen LogP contribution in [-0.4, -0.2) is 21.3 Å². The second-order valence-electron chi connectivity index (χ2n) is 6.82. The number of methoxy groups -OCH3 is 3. The van der Waals surface area contributed by atoms with E-state index in [1.54, 1.807) is 39.5 Å². The molecule has 3 aromatic carbocycles. The van der Waals surface area contributed by atoms with E-state index < -0.39 is 7.82 Å². The van der Waals surface area contributed by atoms with Gasteiger partial charge in [0.25, 0.3) is 0 Å². The van der Waals surface area contributed by atoms with E-state index in [0.717, 1.165) is 16.7 Å². The van der Waals surface area contributed by atoms with Gasteiger partial charge in [-0.1, -0.05) is 36.4 Å². The number of phosphoric ester groups is 1. The molecular formula is C24H27O7P. The minimum atomic E-state index is -3.91. The van der Waals surface area contributed by atoms with Crippen molar-refractivity contribution < 1.29 is 32.3 Å². The van der Waals surface area contributed by atoms with E-state index in [1.165, 1.54) is 0 Å². The Kier molecular flexibility index (Phi) is 8.71. The first-order chi connectivity index (χ1) is 15.5. The molecule has 0 bridgehead atoms. The van der Waals surface area contributed by atoms with Crippen molar-refractivity contribution in [2.75, 3.05) is 21.3 Å². The molecule has 0 aliphatic rings. The van der Waals surface area contributed by atoms with Gasteiger partial charge in [0.05, 0.1) is 41.2 Å². The highest BCUT2D eigenvalue weighted by Gasteiger charge is 2.27. The fourth-order valence-corrected chi connectivity index (χ4v) is 4.00. The van der Waals surface area contributed by atoms with Crippen molar-refractivity contribution >= 4 is 7.82 Å². The lowest BCUT2D eigenvalue weighted by Gasteiger charge is -2.19. The molecule has 32 heavy (non-hydrogen) atoms. The predicted molar refractivity (Wildman–Crippen MR) is 121 cm³/mol. The normalized spacial score (nSPS) is 11.2. The van der Waals surface area contributed by atoms with Gasteiger partial charge in [0.2, 0.25) is 0 Å². The maximum absolute atomic E-state index is 13.4. The molecule has 0 aliphatic carbocycles. The Balaban J connectivity index is 1.72. The summed E-state index contributed by atoms with van der Waals surface area (Å²) in [4.78, 5) is 0. The zero-order valence-corrected chi connectivity index (χ0v) is 19.2. The largest absolute Gasteiger partial charge is 0.497 e. The molecule has 0 aliphatic heterocycles. The number of hydrogen-bond acceptors (Lipinski definition) is 7.